The number of hydrogen-bond acceptors (Lipinski definition) is 6. The van der Waals surface area contributed by atoms with Crippen LogP contribution in [0.4, 0.5) is 5.69 Å². The predicted octanol–water partition coefficient (Wildman–Crippen LogP) is 2.12. The Hall–Kier alpha value is -3.42. The van der Waals surface area contributed by atoms with Gasteiger partial charge in [-0.1, -0.05) is 12.1 Å². The predicted molar refractivity (Wildman–Crippen MR) is 102 cm³/mol. The van der Waals surface area contributed by atoms with Crippen LogP contribution < -0.4 is 29.6 Å². The maximum atomic E-state index is 12.4. The van der Waals surface area contributed by atoms with Crippen molar-refractivity contribution in [2.24, 2.45) is 0 Å². The lowest BCUT2D eigenvalue weighted by atomic mass is 10.1. The lowest BCUT2D eigenvalue weighted by Crippen LogP contribution is -2.40. The zero-order valence-corrected chi connectivity index (χ0v) is 15.9. The van der Waals surface area contributed by atoms with E-state index in [0.29, 0.717) is 34.2 Å². The molecular weight excluding hydrogens is 364 g/mol. The fourth-order valence-corrected chi connectivity index (χ4v) is 2.89. The average Bonchev–Trinajstić information content (AvgIpc) is 2.72. The average molecular weight is 386 g/mol. The van der Waals surface area contributed by atoms with Crippen LogP contribution in [0.5, 0.6) is 23.0 Å². The fraction of sp³-hybridized carbons (Fsp3) is 0.300. The van der Waals surface area contributed by atoms with Gasteiger partial charge in [0.1, 0.15) is 11.5 Å². The van der Waals surface area contributed by atoms with Gasteiger partial charge in [-0.05, 0) is 18.2 Å². The Kier molecular flexibility index (Phi) is 5.88. The molecule has 0 saturated heterocycles. The molecule has 0 fully saturated rings. The van der Waals surface area contributed by atoms with E-state index in [4.69, 9.17) is 18.9 Å². The number of methoxy groups -OCH3 is 3. The van der Waals surface area contributed by atoms with Crippen molar-refractivity contribution in [2.75, 3.05) is 26.6 Å². The molecule has 0 spiro atoms. The summed E-state index contributed by atoms with van der Waals surface area (Å²) in [5.41, 5.74) is 1.31. The molecule has 8 nitrogen and oxygen atoms in total. The summed E-state index contributed by atoms with van der Waals surface area (Å²) in [6.45, 7) is 0.202. The summed E-state index contributed by atoms with van der Waals surface area (Å²) in [5, 5.41) is 5.52. The van der Waals surface area contributed by atoms with E-state index >= 15 is 0 Å². The van der Waals surface area contributed by atoms with Gasteiger partial charge >= 0.3 is 0 Å². The second-order valence-corrected chi connectivity index (χ2v) is 6.09. The van der Waals surface area contributed by atoms with E-state index in [1.807, 2.05) is 0 Å². The monoisotopic (exact) mass is 386 g/mol. The van der Waals surface area contributed by atoms with Crippen LogP contribution in [0.3, 0.4) is 0 Å². The molecule has 1 aliphatic rings. The van der Waals surface area contributed by atoms with Crippen LogP contribution in [-0.4, -0.2) is 39.2 Å². The van der Waals surface area contributed by atoms with Crippen LogP contribution in [0.2, 0.25) is 0 Å². The SMILES string of the molecule is COc1cc(OC)c(OC)cc1CNC(=O)C[C@@H]1Oc2ccccc2NC1=O. The Morgan fingerprint density at radius 3 is 2.46 bits per heavy atom. The number of carbonyl (C=O) groups excluding carboxylic acids is 2. The van der Waals surface area contributed by atoms with E-state index in [9.17, 15) is 9.59 Å². The molecule has 0 unspecified atom stereocenters. The van der Waals surface area contributed by atoms with Gasteiger partial charge in [0.2, 0.25) is 5.91 Å². The van der Waals surface area contributed by atoms with Gasteiger partial charge in [0, 0.05) is 18.2 Å². The summed E-state index contributed by atoms with van der Waals surface area (Å²) in [6, 6.07) is 10.5. The molecule has 1 atom stereocenters. The summed E-state index contributed by atoms with van der Waals surface area (Å²) in [6.07, 6.45) is -0.988. The Labute approximate surface area is 162 Å². The summed E-state index contributed by atoms with van der Waals surface area (Å²) in [5.74, 6) is 1.48. The van der Waals surface area contributed by atoms with Crippen LogP contribution in [0.25, 0.3) is 0 Å². The van der Waals surface area contributed by atoms with Crippen LogP contribution in [0.1, 0.15) is 12.0 Å². The molecule has 0 radical (unpaired) electrons. The minimum Gasteiger partial charge on any atom is -0.496 e. The van der Waals surface area contributed by atoms with Crippen molar-refractivity contribution in [3.63, 3.8) is 0 Å². The summed E-state index contributed by atoms with van der Waals surface area (Å²) < 4.78 is 21.5. The van der Waals surface area contributed by atoms with E-state index < -0.39 is 6.10 Å². The third kappa shape index (κ3) is 4.11. The maximum absolute atomic E-state index is 12.4. The highest BCUT2D eigenvalue weighted by molar-refractivity contribution is 5.99. The Morgan fingerprint density at radius 1 is 1.07 bits per heavy atom. The Morgan fingerprint density at radius 2 is 1.75 bits per heavy atom. The van der Waals surface area contributed by atoms with E-state index in [1.54, 1.807) is 36.4 Å². The molecule has 3 rings (SSSR count). The number of ether oxygens (including phenoxy) is 4. The van der Waals surface area contributed by atoms with Gasteiger partial charge < -0.3 is 29.6 Å². The third-order valence-electron chi connectivity index (χ3n) is 4.34. The fourth-order valence-electron chi connectivity index (χ4n) is 2.89. The first kappa shape index (κ1) is 19.3. The molecule has 2 aromatic carbocycles. The summed E-state index contributed by atoms with van der Waals surface area (Å²) >= 11 is 0. The third-order valence-corrected chi connectivity index (χ3v) is 4.34. The summed E-state index contributed by atoms with van der Waals surface area (Å²) in [4.78, 5) is 24.5. The van der Waals surface area contributed by atoms with Crippen molar-refractivity contribution >= 4 is 17.5 Å². The maximum Gasteiger partial charge on any atom is 0.266 e. The first-order valence-electron chi connectivity index (χ1n) is 8.67. The molecule has 0 aliphatic carbocycles. The van der Waals surface area contributed by atoms with Gasteiger partial charge in [-0.15, -0.1) is 0 Å². The molecule has 1 heterocycles. The first-order chi connectivity index (χ1) is 13.5. The number of amides is 2. The molecule has 1 aliphatic heterocycles. The highest BCUT2D eigenvalue weighted by Crippen LogP contribution is 2.34. The zero-order chi connectivity index (χ0) is 20.1. The molecule has 0 saturated carbocycles. The van der Waals surface area contributed by atoms with Gasteiger partial charge in [-0.25, -0.2) is 0 Å². The van der Waals surface area contributed by atoms with E-state index in [2.05, 4.69) is 10.6 Å². The van der Waals surface area contributed by atoms with Crippen molar-refractivity contribution in [3.05, 3.63) is 42.0 Å². The topological polar surface area (TPSA) is 95.1 Å². The number of carbonyl (C=O) groups is 2. The van der Waals surface area contributed by atoms with Crippen LogP contribution in [0.15, 0.2) is 36.4 Å². The van der Waals surface area contributed by atoms with E-state index in [1.165, 1.54) is 21.3 Å². The minimum absolute atomic E-state index is 0.101. The van der Waals surface area contributed by atoms with Crippen LogP contribution in [-0.2, 0) is 16.1 Å². The molecule has 148 valence electrons. The van der Waals surface area contributed by atoms with Gasteiger partial charge in [0.25, 0.3) is 5.91 Å². The molecule has 8 heteroatoms. The number of rotatable bonds is 7. The van der Waals surface area contributed by atoms with E-state index in [0.717, 1.165) is 0 Å². The lowest BCUT2D eigenvalue weighted by Gasteiger charge is -2.25. The number of nitrogens with one attached hydrogen (secondary N) is 2. The molecular formula is C20H22N2O6. The molecule has 2 aromatic rings. The van der Waals surface area contributed by atoms with Gasteiger partial charge in [0.15, 0.2) is 17.6 Å². The van der Waals surface area contributed by atoms with Crippen molar-refractivity contribution in [1.29, 1.82) is 0 Å². The van der Waals surface area contributed by atoms with Gasteiger partial charge in [-0.2, -0.15) is 0 Å². The minimum atomic E-state index is -0.887. The van der Waals surface area contributed by atoms with Gasteiger partial charge in [-0.3, -0.25) is 9.59 Å². The molecule has 0 aromatic heterocycles. The zero-order valence-electron chi connectivity index (χ0n) is 15.9. The smallest absolute Gasteiger partial charge is 0.266 e. The van der Waals surface area contributed by atoms with Crippen LogP contribution >= 0.6 is 0 Å². The normalized spacial score (nSPS) is 15.0. The van der Waals surface area contributed by atoms with Crippen molar-refractivity contribution in [1.82, 2.24) is 5.32 Å². The Bertz CT molecular complexity index is 883. The molecule has 2 N–H and O–H groups in total. The number of hydrogen-bond donors (Lipinski definition) is 2. The Balaban J connectivity index is 1.64. The second kappa shape index (κ2) is 8.51. The summed E-state index contributed by atoms with van der Waals surface area (Å²) in [7, 11) is 4.60. The van der Waals surface area contributed by atoms with Crippen LogP contribution in [0, 0.1) is 0 Å². The van der Waals surface area contributed by atoms with Crippen molar-refractivity contribution in [2.45, 2.75) is 19.1 Å². The molecule has 0 bridgehead atoms. The number of benzene rings is 2. The number of anilines is 1. The standard InChI is InChI=1S/C20H22N2O6/c1-25-15-9-17(27-3)16(26-2)8-12(15)11-21-19(23)10-18-20(24)22-13-6-4-5-7-14(13)28-18/h4-9,18H,10-11H2,1-3H3,(H,21,23)(H,22,24)/t18-/m0/s1. The van der Waals surface area contributed by atoms with E-state index in [-0.39, 0.29) is 24.8 Å². The van der Waals surface area contributed by atoms with Crippen molar-refractivity contribution < 1.29 is 28.5 Å². The molecule has 2 amide bonds. The van der Waals surface area contributed by atoms with Crippen molar-refractivity contribution in [3.8, 4) is 23.0 Å². The quantitative estimate of drug-likeness (QED) is 0.757. The highest BCUT2D eigenvalue weighted by atomic mass is 16.5. The highest BCUT2D eigenvalue weighted by Gasteiger charge is 2.29. The molecule has 28 heavy (non-hydrogen) atoms. The number of para-hydroxylation sites is 2. The number of fused-ring (bicyclic) bond motifs is 1. The second-order valence-electron chi connectivity index (χ2n) is 6.09. The lowest BCUT2D eigenvalue weighted by molar-refractivity contribution is -0.130. The first-order valence-corrected chi connectivity index (χ1v) is 8.67. The largest absolute Gasteiger partial charge is 0.496 e. The van der Waals surface area contributed by atoms with Gasteiger partial charge in [0.05, 0.1) is 33.4 Å².